The van der Waals surface area contributed by atoms with Crippen molar-refractivity contribution in [1.82, 2.24) is 25.2 Å². The van der Waals surface area contributed by atoms with Crippen LogP contribution in [0.4, 0.5) is 0 Å². The van der Waals surface area contributed by atoms with Crippen LogP contribution >= 0.6 is 35.6 Å². The molecule has 1 aromatic carbocycles. The Hall–Kier alpha value is -2.07. The Morgan fingerprint density at radius 2 is 1.96 bits per heavy atom. The Labute approximate surface area is 186 Å². The van der Waals surface area contributed by atoms with Gasteiger partial charge in [-0.25, -0.2) is 4.99 Å². The maximum absolute atomic E-state index is 5.90. The first-order chi connectivity index (χ1) is 13.2. The number of ether oxygens (including phenoxy) is 1. The zero-order valence-corrected chi connectivity index (χ0v) is 18.9. The molecule has 0 amide bonds. The predicted octanol–water partition coefficient (Wildman–Crippen LogP) is 3.52. The molecular weight excluding hydrogens is 491 g/mol. The van der Waals surface area contributed by atoms with Crippen molar-refractivity contribution in [3.05, 3.63) is 59.5 Å². The Morgan fingerprint density at radius 1 is 1.18 bits per heavy atom. The van der Waals surface area contributed by atoms with Gasteiger partial charge in [-0.3, -0.25) is 4.40 Å². The van der Waals surface area contributed by atoms with E-state index in [1.807, 2.05) is 66.9 Å². The van der Waals surface area contributed by atoms with E-state index in [-0.39, 0.29) is 30.1 Å². The van der Waals surface area contributed by atoms with Gasteiger partial charge in [-0.05, 0) is 50.2 Å². The zero-order chi connectivity index (χ0) is 19.1. The van der Waals surface area contributed by atoms with Crippen LogP contribution in [0.2, 0.25) is 5.02 Å². The van der Waals surface area contributed by atoms with Crippen LogP contribution in [-0.2, 0) is 6.54 Å². The molecule has 0 saturated heterocycles. The van der Waals surface area contributed by atoms with Gasteiger partial charge < -0.3 is 15.4 Å². The summed E-state index contributed by atoms with van der Waals surface area (Å²) in [5.41, 5.74) is 0.811. The summed E-state index contributed by atoms with van der Waals surface area (Å²) in [4.78, 5) is 4.59. The third-order valence-corrected chi connectivity index (χ3v) is 4.07. The lowest BCUT2D eigenvalue weighted by Gasteiger charge is -2.17. The van der Waals surface area contributed by atoms with Crippen molar-refractivity contribution in [2.24, 2.45) is 4.99 Å². The normalized spacial score (nSPS) is 12.3. The number of hydrogen-bond donors (Lipinski definition) is 2. The third kappa shape index (κ3) is 6.23. The summed E-state index contributed by atoms with van der Waals surface area (Å²) >= 11 is 5.90. The molecule has 0 bridgehead atoms. The molecule has 2 aromatic heterocycles. The lowest BCUT2D eigenvalue weighted by Crippen LogP contribution is -2.41. The van der Waals surface area contributed by atoms with Gasteiger partial charge in [-0.2, -0.15) is 0 Å². The summed E-state index contributed by atoms with van der Waals surface area (Å²) in [5.74, 6) is 2.27. The molecule has 9 heteroatoms. The van der Waals surface area contributed by atoms with Crippen LogP contribution < -0.4 is 15.4 Å². The summed E-state index contributed by atoms with van der Waals surface area (Å²) in [6.45, 7) is 5.81. The van der Waals surface area contributed by atoms with E-state index in [0.717, 1.165) is 23.8 Å². The molecule has 0 aliphatic heterocycles. The largest absolute Gasteiger partial charge is 0.489 e. The monoisotopic (exact) mass is 514 g/mol. The number of aromatic nitrogens is 3. The first-order valence-electron chi connectivity index (χ1n) is 8.88. The molecule has 0 fully saturated rings. The van der Waals surface area contributed by atoms with Crippen molar-refractivity contribution in [1.29, 1.82) is 0 Å². The van der Waals surface area contributed by atoms with Gasteiger partial charge in [-0.1, -0.05) is 17.7 Å². The van der Waals surface area contributed by atoms with E-state index in [9.17, 15) is 0 Å². The van der Waals surface area contributed by atoms with E-state index in [4.69, 9.17) is 16.3 Å². The van der Waals surface area contributed by atoms with E-state index in [1.54, 1.807) is 0 Å². The van der Waals surface area contributed by atoms with Crippen molar-refractivity contribution in [2.75, 3.05) is 13.1 Å². The predicted molar refractivity (Wildman–Crippen MR) is 123 cm³/mol. The summed E-state index contributed by atoms with van der Waals surface area (Å²) in [7, 11) is 0. The highest BCUT2D eigenvalue weighted by molar-refractivity contribution is 14.0. The first kappa shape index (κ1) is 22.2. The highest BCUT2D eigenvalue weighted by Crippen LogP contribution is 2.16. The number of nitrogens with zero attached hydrogens (tertiary/aromatic N) is 4. The number of benzene rings is 1. The number of aliphatic imine (C=N–C) groups is 1. The molecule has 0 aliphatic carbocycles. The zero-order valence-electron chi connectivity index (χ0n) is 15.8. The minimum absolute atomic E-state index is 0. The Kier molecular flexibility index (Phi) is 8.78. The van der Waals surface area contributed by atoms with Crippen molar-refractivity contribution in [2.45, 2.75) is 26.5 Å². The number of halogens is 2. The fourth-order valence-electron chi connectivity index (χ4n) is 2.52. The molecular formula is C19H24ClIN6O. The lowest BCUT2D eigenvalue weighted by atomic mass is 10.3. The van der Waals surface area contributed by atoms with Gasteiger partial charge in [0, 0.05) is 17.8 Å². The molecule has 0 radical (unpaired) electrons. The molecule has 2 N–H and O–H groups in total. The number of hydrogen-bond acceptors (Lipinski definition) is 4. The quantitative estimate of drug-likeness (QED) is 0.287. The Morgan fingerprint density at radius 3 is 2.71 bits per heavy atom. The molecule has 0 aliphatic rings. The summed E-state index contributed by atoms with van der Waals surface area (Å²) < 4.78 is 7.81. The Balaban J connectivity index is 0.00000280. The van der Waals surface area contributed by atoms with E-state index in [2.05, 4.69) is 25.8 Å². The number of pyridine rings is 1. The van der Waals surface area contributed by atoms with Crippen LogP contribution in [0.1, 0.15) is 19.7 Å². The van der Waals surface area contributed by atoms with Gasteiger partial charge in [0.1, 0.15) is 18.4 Å². The molecule has 1 atom stereocenters. The minimum atomic E-state index is -0.0380. The number of nitrogens with one attached hydrogen (secondary N) is 2. The van der Waals surface area contributed by atoms with Crippen molar-refractivity contribution in [3.8, 4) is 5.75 Å². The second-order valence-corrected chi connectivity index (χ2v) is 6.44. The minimum Gasteiger partial charge on any atom is -0.489 e. The molecule has 2 heterocycles. The van der Waals surface area contributed by atoms with Gasteiger partial charge in [0.2, 0.25) is 0 Å². The van der Waals surface area contributed by atoms with Gasteiger partial charge in [0.05, 0.1) is 6.54 Å². The maximum atomic E-state index is 5.90. The maximum Gasteiger partial charge on any atom is 0.191 e. The van der Waals surface area contributed by atoms with Crippen LogP contribution in [0.3, 0.4) is 0 Å². The van der Waals surface area contributed by atoms with Gasteiger partial charge >= 0.3 is 0 Å². The molecule has 3 rings (SSSR count). The van der Waals surface area contributed by atoms with Crippen LogP contribution in [0, 0.1) is 0 Å². The molecule has 28 heavy (non-hydrogen) atoms. The SMILES string of the molecule is CCNC(=NCc1nnc2ccccn12)NCC(C)Oc1ccc(Cl)cc1.I. The molecule has 3 aromatic rings. The first-order valence-corrected chi connectivity index (χ1v) is 9.26. The van der Waals surface area contributed by atoms with Gasteiger partial charge in [-0.15, -0.1) is 34.2 Å². The highest BCUT2D eigenvalue weighted by Gasteiger charge is 2.07. The molecule has 1 unspecified atom stereocenters. The third-order valence-electron chi connectivity index (χ3n) is 3.82. The van der Waals surface area contributed by atoms with Crippen molar-refractivity contribution in [3.63, 3.8) is 0 Å². The number of fused-ring (bicyclic) bond motifs is 1. The van der Waals surface area contributed by atoms with Crippen LogP contribution in [0.25, 0.3) is 5.65 Å². The van der Waals surface area contributed by atoms with Crippen molar-refractivity contribution < 1.29 is 4.74 Å². The summed E-state index contributed by atoms with van der Waals surface area (Å²) in [6, 6.07) is 13.1. The fraction of sp³-hybridized carbons (Fsp3) is 0.316. The Bertz CT molecular complexity index is 899. The molecule has 0 saturated carbocycles. The van der Waals surface area contributed by atoms with Crippen LogP contribution in [-0.4, -0.2) is 39.8 Å². The van der Waals surface area contributed by atoms with Gasteiger partial charge in [0.15, 0.2) is 17.4 Å². The van der Waals surface area contributed by atoms with E-state index < -0.39 is 0 Å². The van der Waals surface area contributed by atoms with E-state index in [1.165, 1.54) is 0 Å². The highest BCUT2D eigenvalue weighted by atomic mass is 127. The number of guanidine groups is 1. The van der Waals surface area contributed by atoms with E-state index in [0.29, 0.717) is 24.1 Å². The van der Waals surface area contributed by atoms with Crippen LogP contribution in [0.5, 0.6) is 5.75 Å². The fourth-order valence-corrected chi connectivity index (χ4v) is 2.64. The van der Waals surface area contributed by atoms with Gasteiger partial charge in [0.25, 0.3) is 0 Å². The van der Waals surface area contributed by atoms with Crippen molar-refractivity contribution >= 4 is 47.2 Å². The number of rotatable bonds is 7. The molecule has 7 nitrogen and oxygen atoms in total. The smallest absolute Gasteiger partial charge is 0.191 e. The summed E-state index contributed by atoms with van der Waals surface area (Å²) in [6.07, 6.45) is 1.90. The molecule has 0 spiro atoms. The summed E-state index contributed by atoms with van der Waals surface area (Å²) in [5, 5.41) is 15.6. The van der Waals surface area contributed by atoms with Crippen LogP contribution in [0.15, 0.2) is 53.7 Å². The second-order valence-electron chi connectivity index (χ2n) is 6.00. The van der Waals surface area contributed by atoms with E-state index >= 15 is 0 Å². The lowest BCUT2D eigenvalue weighted by molar-refractivity contribution is 0.224. The standard InChI is InChI=1S/C19H23ClN6O.HI/c1-3-21-19(22-12-14(2)27-16-9-7-15(20)8-10-16)23-13-18-25-24-17-6-4-5-11-26(17)18;/h4-11,14H,3,12-13H2,1-2H3,(H2,21,22,23);1H. The topological polar surface area (TPSA) is 75.8 Å². The average molecular weight is 515 g/mol. The molecule has 150 valence electrons. The second kappa shape index (κ2) is 11.1. The average Bonchev–Trinajstić information content (AvgIpc) is 3.09.